The summed E-state index contributed by atoms with van der Waals surface area (Å²) in [5.74, 6) is -0.123. The molecule has 0 unspecified atom stereocenters. The normalized spacial score (nSPS) is 11.3. The van der Waals surface area contributed by atoms with Crippen LogP contribution in [0.2, 0.25) is 0 Å². The van der Waals surface area contributed by atoms with Crippen molar-refractivity contribution in [3.63, 3.8) is 0 Å². The molecule has 0 saturated carbocycles. The number of rotatable bonds is 6. The van der Waals surface area contributed by atoms with Crippen molar-refractivity contribution in [3.8, 4) is 0 Å². The summed E-state index contributed by atoms with van der Waals surface area (Å²) >= 11 is 1.56. The first-order valence-electron chi connectivity index (χ1n) is 11.3. The van der Waals surface area contributed by atoms with E-state index in [1.807, 2.05) is 80.6 Å². The lowest BCUT2D eigenvalue weighted by Crippen LogP contribution is -2.13. The van der Waals surface area contributed by atoms with Gasteiger partial charge in [-0.05, 0) is 91.7 Å². The molecule has 0 spiro atoms. The predicted molar refractivity (Wildman–Crippen MR) is 144 cm³/mol. The Bertz CT molecular complexity index is 1520. The quantitative estimate of drug-likeness (QED) is 0.273. The van der Waals surface area contributed by atoms with Crippen LogP contribution in [0.5, 0.6) is 0 Å². The topological polar surface area (TPSA) is 70.7 Å². The Morgan fingerprint density at radius 2 is 1.71 bits per heavy atom. The minimum absolute atomic E-state index is 0.123. The molecule has 172 valence electrons. The molecule has 0 bridgehead atoms. The molecule has 5 nitrogen and oxygen atoms in total. The molecule has 0 radical (unpaired) electrons. The highest BCUT2D eigenvalue weighted by Gasteiger charge is 2.14. The Kier molecular flexibility index (Phi) is 6.46. The van der Waals surface area contributed by atoms with Crippen LogP contribution in [-0.4, -0.2) is 21.1 Å². The number of H-pyrrole nitrogens is 1. The summed E-state index contributed by atoms with van der Waals surface area (Å²) in [5.41, 5.74) is 6.35. The third-order valence-electron chi connectivity index (χ3n) is 5.50. The minimum Gasteiger partial charge on any atom is -0.322 e. The SMILES string of the molecule is Cc1cc(C)cc(NC(=O)c2ccccc2Sc2ccc3c(/C=C/c4ccccn4)n[nH]c3c2)c1. The summed E-state index contributed by atoms with van der Waals surface area (Å²) in [6.07, 6.45) is 5.68. The number of benzene rings is 3. The Hall–Kier alpha value is -4.16. The molecular weight excluding hydrogens is 452 g/mol. The molecule has 0 atom stereocenters. The molecule has 2 aromatic heterocycles. The van der Waals surface area contributed by atoms with Crippen molar-refractivity contribution in [2.24, 2.45) is 0 Å². The summed E-state index contributed by atoms with van der Waals surface area (Å²) < 4.78 is 0. The number of pyridine rings is 1. The van der Waals surface area contributed by atoms with E-state index in [4.69, 9.17) is 0 Å². The second-order valence-electron chi connectivity index (χ2n) is 8.33. The van der Waals surface area contributed by atoms with Gasteiger partial charge >= 0.3 is 0 Å². The van der Waals surface area contributed by atoms with Gasteiger partial charge in [-0.2, -0.15) is 5.10 Å². The molecule has 0 aliphatic rings. The first-order valence-corrected chi connectivity index (χ1v) is 12.1. The number of nitrogens with one attached hydrogen (secondary N) is 2. The standard InChI is InChI=1S/C29H24N4OS/c1-19-15-20(2)17-22(16-19)31-29(34)25-8-3-4-9-28(25)35-23-11-12-24-26(32-33-27(24)18-23)13-10-21-7-5-6-14-30-21/h3-18H,1-2H3,(H,31,34)(H,32,33)/b13-10+. The van der Waals surface area contributed by atoms with E-state index in [9.17, 15) is 4.79 Å². The van der Waals surface area contributed by atoms with Crippen LogP contribution >= 0.6 is 11.8 Å². The maximum absolute atomic E-state index is 13.1. The van der Waals surface area contributed by atoms with E-state index in [2.05, 4.69) is 44.8 Å². The first kappa shape index (κ1) is 22.6. The fourth-order valence-electron chi connectivity index (χ4n) is 3.96. The number of nitrogens with zero attached hydrogens (tertiary/aromatic N) is 2. The number of amides is 1. The van der Waals surface area contributed by atoms with E-state index in [-0.39, 0.29) is 5.91 Å². The molecule has 0 fully saturated rings. The van der Waals surface area contributed by atoms with Crippen LogP contribution in [0.3, 0.4) is 0 Å². The van der Waals surface area contributed by atoms with Gasteiger partial charge in [0, 0.05) is 27.1 Å². The van der Waals surface area contributed by atoms with Crippen LogP contribution in [0.4, 0.5) is 5.69 Å². The Balaban J connectivity index is 1.36. The second kappa shape index (κ2) is 9.99. The van der Waals surface area contributed by atoms with Gasteiger partial charge < -0.3 is 5.32 Å². The lowest BCUT2D eigenvalue weighted by atomic mass is 10.1. The van der Waals surface area contributed by atoms with Gasteiger partial charge in [-0.15, -0.1) is 0 Å². The fraction of sp³-hybridized carbons (Fsp3) is 0.0690. The molecule has 0 aliphatic heterocycles. The van der Waals surface area contributed by atoms with Crippen LogP contribution < -0.4 is 5.32 Å². The highest BCUT2D eigenvalue weighted by Crippen LogP contribution is 2.33. The fourth-order valence-corrected chi connectivity index (χ4v) is 4.95. The molecule has 0 saturated heterocycles. The van der Waals surface area contributed by atoms with Gasteiger partial charge in [-0.3, -0.25) is 14.9 Å². The number of fused-ring (bicyclic) bond motifs is 1. The number of anilines is 1. The van der Waals surface area contributed by atoms with Gasteiger partial charge in [0.1, 0.15) is 0 Å². The van der Waals surface area contributed by atoms with Crippen molar-refractivity contribution in [2.75, 3.05) is 5.32 Å². The van der Waals surface area contributed by atoms with Gasteiger partial charge in [0.2, 0.25) is 0 Å². The lowest BCUT2D eigenvalue weighted by molar-refractivity contribution is 0.102. The third-order valence-corrected chi connectivity index (χ3v) is 6.57. The zero-order valence-electron chi connectivity index (χ0n) is 19.4. The van der Waals surface area contributed by atoms with Crippen molar-refractivity contribution >= 4 is 46.4 Å². The molecular formula is C29H24N4OS. The van der Waals surface area contributed by atoms with Gasteiger partial charge in [-0.1, -0.05) is 36.0 Å². The predicted octanol–water partition coefficient (Wildman–Crippen LogP) is 7.15. The largest absolute Gasteiger partial charge is 0.322 e. The third kappa shape index (κ3) is 5.34. The van der Waals surface area contributed by atoms with Crippen LogP contribution in [0.25, 0.3) is 23.1 Å². The molecule has 1 amide bonds. The Labute approximate surface area is 208 Å². The molecule has 0 aliphatic carbocycles. The molecule has 5 aromatic rings. The van der Waals surface area contributed by atoms with E-state index in [0.29, 0.717) is 5.56 Å². The monoisotopic (exact) mass is 476 g/mol. The minimum atomic E-state index is -0.123. The summed E-state index contributed by atoms with van der Waals surface area (Å²) in [7, 11) is 0. The zero-order chi connectivity index (χ0) is 24.2. The second-order valence-corrected chi connectivity index (χ2v) is 9.45. The number of aromatic nitrogens is 3. The highest BCUT2D eigenvalue weighted by molar-refractivity contribution is 7.99. The highest BCUT2D eigenvalue weighted by atomic mass is 32.2. The van der Waals surface area contributed by atoms with Gasteiger partial charge in [0.15, 0.2) is 0 Å². The molecule has 6 heteroatoms. The van der Waals surface area contributed by atoms with Crippen molar-refractivity contribution in [3.05, 3.63) is 113 Å². The van der Waals surface area contributed by atoms with Crippen LogP contribution in [0.1, 0.15) is 32.9 Å². The first-order chi connectivity index (χ1) is 17.0. The van der Waals surface area contributed by atoms with Gasteiger partial charge in [0.25, 0.3) is 5.91 Å². The van der Waals surface area contributed by atoms with Crippen LogP contribution in [-0.2, 0) is 0 Å². The number of hydrogen-bond donors (Lipinski definition) is 2. The average Bonchev–Trinajstić information content (AvgIpc) is 3.25. The molecule has 2 heterocycles. The molecule has 5 rings (SSSR count). The van der Waals surface area contributed by atoms with Crippen molar-refractivity contribution in [2.45, 2.75) is 23.6 Å². The molecule has 35 heavy (non-hydrogen) atoms. The number of carbonyl (C=O) groups excluding carboxylic acids is 1. The van der Waals surface area contributed by atoms with E-state index in [1.165, 1.54) is 0 Å². The van der Waals surface area contributed by atoms with Crippen molar-refractivity contribution in [1.82, 2.24) is 15.2 Å². The summed E-state index contributed by atoms with van der Waals surface area (Å²) in [5, 5.41) is 11.6. The maximum atomic E-state index is 13.1. The van der Waals surface area contributed by atoms with Gasteiger partial charge in [0.05, 0.1) is 22.5 Å². The Morgan fingerprint density at radius 1 is 0.914 bits per heavy atom. The van der Waals surface area contributed by atoms with Gasteiger partial charge in [-0.25, -0.2) is 0 Å². The molecule has 3 aromatic carbocycles. The average molecular weight is 477 g/mol. The smallest absolute Gasteiger partial charge is 0.256 e. The van der Waals surface area contributed by atoms with Crippen molar-refractivity contribution < 1.29 is 4.79 Å². The van der Waals surface area contributed by atoms with E-state index in [1.54, 1.807) is 18.0 Å². The Morgan fingerprint density at radius 3 is 2.51 bits per heavy atom. The number of hydrogen-bond acceptors (Lipinski definition) is 4. The summed E-state index contributed by atoms with van der Waals surface area (Å²) in [4.78, 5) is 19.3. The zero-order valence-corrected chi connectivity index (χ0v) is 20.3. The maximum Gasteiger partial charge on any atom is 0.256 e. The summed E-state index contributed by atoms with van der Waals surface area (Å²) in [6.45, 7) is 4.05. The van der Waals surface area contributed by atoms with E-state index >= 15 is 0 Å². The van der Waals surface area contributed by atoms with Crippen LogP contribution in [0, 0.1) is 13.8 Å². The van der Waals surface area contributed by atoms with E-state index < -0.39 is 0 Å². The number of aromatic amines is 1. The summed E-state index contributed by atoms with van der Waals surface area (Å²) in [6, 6.07) is 25.7. The number of carbonyl (C=O) groups is 1. The van der Waals surface area contributed by atoms with Crippen molar-refractivity contribution in [1.29, 1.82) is 0 Å². The van der Waals surface area contributed by atoms with Crippen LogP contribution in [0.15, 0.2) is 94.9 Å². The lowest BCUT2D eigenvalue weighted by Gasteiger charge is -2.11. The van der Waals surface area contributed by atoms with E-state index in [0.717, 1.165) is 48.9 Å². The number of aryl methyl sites for hydroxylation is 2. The molecule has 2 N–H and O–H groups in total.